The fourth-order valence-electron chi connectivity index (χ4n) is 2.62. The molecule has 3 rings (SSSR count). The molecule has 0 aliphatic carbocycles. The molecule has 3 aromatic rings. The number of benzene rings is 1. The number of halogens is 1. The van der Waals surface area contributed by atoms with Crippen molar-refractivity contribution in [3.05, 3.63) is 57.2 Å². The van der Waals surface area contributed by atoms with E-state index in [0.717, 1.165) is 4.57 Å². The molecule has 2 heterocycles. The van der Waals surface area contributed by atoms with Gasteiger partial charge in [-0.3, -0.25) is 9.36 Å². The predicted molar refractivity (Wildman–Crippen MR) is 87.1 cm³/mol. The summed E-state index contributed by atoms with van der Waals surface area (Å²) in [4.78, 5) is 29.7. The summed E-state index contributed by atoms with van der Waals surface area (Å²) in [5, 5.41) is 0. The first-order valence-corrected chi connectivity index (χ1v) is 7.54. The lowest BCUT2D eigenvalue weighted by atomic mass is 10.3. The molecular formula is C16H17FN4O3. The number of nitrogens with zero attached hydrogens (tertiary/aromatic N) is 4. The second-order valence-electron chi connectivity index (χ2n) is 5.25. The molecule has 0 bridgehead atoms. The van der Waals surface area contributed by atoms with E-state index in [1.807, 2.05) is 6.92 Å². The van der Waals surface area contributed by atoms with Gasteiger partial charge >= 0.3 is 5.69 Å². The van der Waals surface area contributed by atoms with Crippen LogP contribution in [0.3, 0.4) is 0 Å². The Kier molecular flexibility index (Phi) is 4.30. The summed E-state index contributed by atoms with van der Waals surface area (Å²) < 4.78 is 22.3. The van der Waals surface area contributed by atoms with E-state index in [1.165, 1.54) is 42.3 Å². The second kappa shape index (κ2) is 6.40. The minimum atomic E-state index is -0.530. The van der Waals surface area contributed by atoms with Gasteiger partial charge in [0.25, 0.3) is 5.56 Å². The van der Waals surface area contributed by atoms with Crippen molar-refractivity contribution in [1.82, 2.24) is 18.7 Å². The number of imidazole rings is 1. The van der Waals surface area contributed by atoms with Crippen molar-refractivity contribution in [2.24, 2.45) is 0 Å². The fourth-order valence-corrected chi connectivity index (χ4v) is 2.62. The number of hydrogen-bond donors (Lipinski definition) is 0. The van der Waals surface area contributed by atoms with Gasteiger partial charge in [-0.2, -0.15) is 0 Å². The van der Waals surface area contributed by atoms with E-state index in [4.69, 9.17) is 4.74 Å². The van der Waals surface area contributed by atoms with Crippen LogP contribution in [-0.2, 0) is 17.8 Å². The molecule has 0 atom stereocenters. The maximum Gasteiger partial charge on any atom is 0.337 e. The van der Waals surface area contributed by atoms with Gasteiger partial charge in [-0.1, -0.05) is 0 Å². The average Bonchev–Trinajstić information content (AvgIpc) is 3.00. The topological polar surface area (TPSA) is 71.1 Å². The molecule has 0 aliphatic heterocycles. The third-order valence-corrected chi connectivity index (χ3v) is 3.84. The van der Waals surface area contributed by atoms with Gasteiger partial charge in [0.2, 0.25) is 0 Å². The fraction of sp³-hybridized carbons (Fsp3) is 0.312. The normalized spacial score (nSPS) is 11.3. The molecule has 24 heavy (non-hydrogen) atoms. The van der Waals surface area contributed by atoms with E-state index >= 15 is 0 Å². The van der Waals surface area contributed by atoms with Crippen molar-refractivity contribution in [3.63, 3.8) is 0 Å². The van der Waals surface area contributed by atoms with Crippen LogP contribution in [0.25, 0.3) is 16.9 Å². The quantitative estimate of drug-likeness (QED) is 0.703. The minimum Gasteiger partial charge on any atom is -0.383 e. The second-order valence-corrected chi connectivity index (χ2v) is 5.25. The Morgan fingerprint density at radius 1 is 1.21 bits per heavy atom. The zero-order chi connectivity index (χ0) is 17.3. The highest BCUT2D eigenvalue weighted by molar-refractivity contribution is 5.72. The Bertz CT molecular complexity index is 985. The van der Waals surface area contributed by atoms with Crippen LogP contribution < -0.4 is 11.2 Å². The molecular weight excluding hydrogens is 315 g/mol. The van der Waals surface area contributed by atoms with Crippen molar-refractivity contribution >= 4 is 11.2 Å². The largest absolute Gasteiger partial charge is 0.383 e. The molecule has 0 fully saturated rings. The first-order valence-electron chi connectivity index (χ1n) is 7.54. The molecule has 7 nitrogen and oxygen atoms in total. The average molecular weight is 332 g/mol. The monoisotopic (exact) mass is 332 g/mol. The summed E-state index contributed by atoms with van der Waals surface area (Å²) in [6.45, 7) is 2.77. The Balaban J connectivity index is 2.39. The Morgan fingerprint density at radius 3 is 2.54 bits per heavy atom. The van der Waals surface area contributed by atoms with Gasteiger partial charge in [-0.15, -0.1) is 0 Å². The number of hydrogen-bond acceptors (Lipinski definition) is 4. The summed E-state index contributed by atoms with van der Waals surface area (Å²) in [5.74, 6) is -0.408. The highest BCUT2D eigenvalue weighted by Crippen LogP contribution is 2.13. The van der Waals surface area contributed by atoms with Gasteiger partial charge in [-0.25, -0.2) is 18.7 Å². The van der Waals surface area contributed by atoms with Gasteiger partial charge in [0.15, 0.2) is 11.2 Å². The zero-order valence-corrected chi connectivity index (χ0v) is 13.4. The molecule has 0 saturated heterocycles. The van der Waals surface area contributed by atoms with Crippen molar-refractivity contribution in [1.29, 1.82) is 0 Å². The van der Waals surface area contributed by atoms with Gasteiger partial charge in [0.05, 0.1) is 25.2 Å². The van der Waals surface area contributed by atoms with Gasteiger partial charge in [-0.05, 0) is 31.2 Å². The summed E-state index contributed by atoms with van der Waals surface area (Å²) in [5.41, 5.74) is 0.0887. The summed E-state index contributed by atoms with van der Waals surface area (Å²) in [7, 11) is 1.50. The van der Waals surface area contributed by atoms with E-state index in [9.17, 15) is 14.0 Å². The maximum atomic E-state index is 13.2. The predicted octanol–water partition coefficient (Wildman–Crippen LogP) is 1.15. The summed E-state index contributed by atoms with van der Waals surface area (Å²) >= 11 is 0. The van der Waals surface area contributed by atoms with E-state index in [0.29, 0.717) is 17.7 Å². The number of ether oxygens (including phenoxy) is 1. The van der Waals surface area contributed by atoms with Crippen LogP contribution in [0.4, 0.5) is 4.39 Å². The van der Waals surface area contributed by atoms with Crippen molar-refractivity contribution in [2.45, 2.75) is 20.0 Å². The Morgan fingerprint density at radius 2 is 1.92 bits per heavy atom. The number of aryl methyl sites for hydroxylation is 1. The molecule has 2 aromatic heterocycles. The Hall–Kier alpha value is -2.74. The molecule has 0 radical (unpaired) electrons. The van der Waals surface area contributed by atoms with E-state index in [2.05, 4.69) is 4.98 Å². The smallest absolute Gasteiger partial charge is 0.337 e. The van der Waals surface area contributed by atoms with Crippen molar-refractivity contribution < 1.29 is 9.13 Å². The Labute approximate surface area is 136 Å². The molecule has 0 aliphatic rings. The van der Waals surface area contributed by atoms with E-state index in [-0.39, 0.29) is 18.8 Å². The van der Waals surface area contributed by atoms with Crippen LogP contribution >= 0.6 is 0 Å². The number of aromatic nitrogens is 4. The SMILES string of the molecule is CCn1cnc2c1c(=O)n(CCOC)c(=O)n2-c1ccc(F)cc1. The molecule has 1 aromatic carbocycles. The minimum absolute atomic E-state index is 0.125. The van der Waals surface area contributed by atoms with Crippen LogP contribution in [-0.4, -0.2) is 32.4 Å². The standard InChI is InChI=1S/C16H17FN4O3/c1-3-19-10-18-14-13(19)15(22)20(8-9-24-2)16(23)21(14)12-6-4-11(17)5-7-12/h4-7,10H,3,8-9H2,1-2H3. The maximum absolute atomic E-state index is 13.2. The molecule has 0 amide bonds. The summed E-state index contributed by atoms with van der Waals surface area (Å²) in [6, 6.07) is 5.47. The molecule has 8 heteroatoms. The number of methoxy groups -OCH3 is 1. The van der Waals surface area contributed by atoms with Crippen LogP contribution in [0, 0.1) is 5.82 Å². The van der Waals surface area contributed by atoms with Crippen LogP contribution in [0.1, 0.15) is 6.92 Å². The highest BCUT2D eigenvalue weighted by atomic mass is 19.1. The molecule has 126 valence electrons. The third-order valence-electron chi connectivity index (χ3n) is 3.84. The van der Waals surface area contributed by atoms with Crippen LogP contribution in [0.15, 0.2) is 40.2 Å². The van der Waals surface area contributed by atoms with Crippen LogP contribution in [0.2, 0.25) is 0 Å². The van der Waals surface area contributed by atoms with Crippen LogP contribution in [0.5, 0.6) is 0 Å². The molecule has 0 unspecified atom stereocenters. The van der Waals surface area contributed by atoms with Gasteiger partial charge in [0.1, 0.15) is 5.82 Å². The molecule has 0 N–H and O–H groups in total. The van der Waals surface area contributed by atoms with E-state index in [1.54, 1.807) is 4.57 Å². The lowest BCUT2D eigenvalue weighted by Gasteiger charge is -2.12. The van der Waals surface area contributed by atoms with Crippen molar-refractivity contribution in [3.8, 4) is 5.69 Å². The van der Waals surface area contributed by atoms with E-state index < -0.39 is 17.1 Å². The van der Waals surface area contributed by atoms with Gasteiger partial charge in [0, 0.05) is 13.7 Å². The van der Waals surface area contributed by atoms with Gasteiger partial charge < -0.3 is 9.30 Å². The molecule has 0 saturated carbocycles. The lowest BCUT2D eigenvalue weighted by molar-refractivity contribution is 0.184. The highest BCUT2D eigenvalue weighted by Gasteiger charge is 2.18. The van der Waals surface area contributed by atoms with Crippen molar-refractivity contribution in [2.75, 3.05) is 13.7 Å². The third kappa shape index (κ3) is 2.54. The zero-order valence-electron chi connectivity index (χ0n) is 13.4. The molecule has 0 spiro atoms. The first-order chi connectivity index (χ1) is 11.6. The lowest BCUT2D eigenvalue weighted by Crippen LogP contribution is -2.41. The number of rotatable bonds is 5. The summed E-state index contributed by atoms with van der Waals surface area (Å²) in [6.07, 6.45) is 1.52. The first kappa shape index (κ1) is 16.1. The number of fused-ring (bicyclic) bond motifs is 1.